The van der Waals surface area contributed by atoms with Gasteiger partial charge in [-0.15, -0.1) is 0 Å². The number of fused-ring (bicyclic) bond motifs is 1. The molecule has 0 aliphatic carbocycles. The number of benzene rings is 2. The number of hydrogen-bond acceptors (Lipinski definition) is 4. The summed E-state index contributed by atoms with van der Waals surface area (Å²) < 4.78 is 5.76. The van der Waals surface area contributed by atoms with Crippen LogP contribution in [0, 0.1) is 5.92 Å². The van der Waals surface area contributed by atoms with Gasteiger partial charge in [0.2, 0.25) is 5.91 Å². The SMILES string of the molecule is CNC(=O)C1CCCN(CC(O)COc2ccc3ccccc3c2)C1. The highest BCUT2D eigenvalue weighted by Gasteiger charge is 2.26. The number of β-amino-alcohol motifs (C(OH)–C–C–N with tert-alkyl or cyclic N) is 1. The van der Waals surface area contributed by atoms with E-state index in [9.17, 15) is 9.90 Å². The summed E-state index contributed by atoms with van der Waals surface area (Å²) in [4.78, 5) is 13.9. The van der Waals surface area contributed by atoms with Gasteiger partial charge in [-0.3, -0.25) is 9.69 Å². The maximum atomic E-state index is 11.8. The second-order valence-corrected chi connectivity index (χ2v) is 6.69. The first-order valence-electron chi connectivity index (χ1n) is 8.89. The van der Waals surface area contributed by atoms with Crippen LogP contribution in [0.4, 0.5) is 0 Å². The van der Waals surface area contributed by atoms with E-state index in [1.165, 1.54) is 5.39 Å². The Bertz CT molecular complexity index is 719. The molecule has 1 heterocycles. The van der Waals surface area contributed by atoms with Crippen LogP contribution in [-0.4, -0.2) is 55.3 Å². The van der Waals surface area contributed by atoms with Crippen molar-refractivity contribution in [2.75, 3.05) is 33.3 Å². The number of nitrogens with one attached hydrogen (secondary N) is 1. The van der Waals surface area contributed by atoms with Gasteiger partial charge in [0.1, 0.15) is 18.5 Å². The normalized spacial score (nSPS) is 19.5. The molecule has 1 amide bonds. The summed E-state index contributed by atoms with van der Waals surface area (Å²) in [6.45, 7) is 2.40. The van der Waals surface area contributed by atoms with Crippen molar-refractivity contribution in [2.24, 2.45) is 5.92 Å². The summed E-state index contributed by atoms with van der Waals surface area (Å²) in [5.74, 6) is 0.874. The number of ether oxygens (including phenoxy) is 1. The highest BCUT2D eigenvalue weighted by molar-refractivity contribution is 5.83. The number of rotatable bonds is 6. The largest absolute Gasteiger partial charge is 0.491 e. The van der Waals surface area contributed by atoms with Gasteiger partial charge in [-0.2, -0.15) is 0 Å². The average molecular weight is 342 g/mol. The van der Waals surface area contributed by atoms with Gasteiger partial charge >= 0.3 is 0 Å². The van der Waals surface area contributed by atoms with Crippen molar-refractivity contribution in [1.29, 1.82) is 0 Å². The predicted molar refractivity (Wildman–Crippen MR) is 98.7 cm³/mol. The number of carbonyl (C=O) groups is 1. The van der Waals surface area contributed by atoms with E-state index in [4.69, 9.17) is 4.74 Å². The highest BCUT2D eigenvalue weighted by Crippen LogP contribution is 2.21. The average Bonchev–Trinajstić information content (AvgIpc) is 2.65. The lowest BCUT2D eigenvalue weighted by Gasteiger charge is -2.32. The summed E-state index contributed by atoms with van der Waals surface area (Å²) in [5.41, 5.74) is 0. The fourth-order valence-electron chi connectivity index (χ4n) is 3.44. The molecule has 2 aromatic carbocycles. The Kier molecular flexibility index (Phi) is 5.89. The minimum absolute atomic E-state index is 0.0207. The molecule has 0 radical (unpaired) electrons. The summed E-state index contributed by atoms with van der Waals surface area (Å²) >= 11 is 0. The van der Waals surface area contributed by atoms with Crippen molar-refractivity contribution in [3.63, 3.8) is 0 Å². The quantitative estimate of drug-likeness (QED) is 0.843. The van der Waals surface area contributed by atoms with Crippen molar-refractivity contribution < 1.29 is 14.6 Å². The molecule has 2 atom stereocenters. The first kappa shape index (κ1) is 17.7. The van der Waals surface area contributed by atoms with Crippen molar-refractivity contribution in [2.45, 2.75) is 18.9 Å². The summed E-state index contributed by atoms with van der Waals surface area (Å²) in [6.07, 6.45) is 1.32. The molecule has 2 N–H and O–H groups in total. The van der Waals surface area contributed by atoms with Crippen molar-refractivity contribution in [1.82, 2.24) is 10.2 Å². The van der Waals surface area contributed by atoms with Crippen molar-refractivity contribution in [3.8, 4) is 5.75 Å². The molecule has 0 spiro atoms. The number of aliphatic hydroxyl groups is 1. The minimum atomic E-state index is -0.574. The lowest BCUT2D eigenvalue weighted by atomic mass is 9.97. The maximum Gasteiger partial charge on any atom is 0.224 e. The zero-order valence-corrected chi connectivity index (χ0v) is 14.6. The molecule has 0 aromatic heterocycles. The Morgan fingerprint density at radius 3 is 2.92 bits per heavy atom. The number of aliphatic hydroxyl groups excluding tert-OH is 1. The van der Waals surface area contributed by atoms with Gasteiger partial charge in [0.15, 0.2) is 0 Å². The standard InChI is InChI=1S/C20H26N2O3/c1-21-20(24)17-7-4-10-22(12-17)13-18(23)14-25-19-9-8-15-5-2-3-6-16(15)11-19/h2-3,5-6,8-9,11,17-18,23H,4,7,10,12-14H2,1H3,(H,21,24). The molecular formula is C20H26N2O3. The lowest BCUT2D eigenvalue weighted by Crippen LogP contribution is -2.45. The molecule has 134 valence electrons. The fourth-order valence-corrected chi connectivity index (χ4v) is 3.44. The third kappa shape index (κ3) is 4.71. The third-order valence-corrected chi connectivity index (χ3v) is 4.75. The predicted octanol–water partition coefficient (Wildman–Crippen LogP) is 2.04. The van der Waals surface area contributed by atoms with E-state index >= 15 is 0 Å². The fraction of sp³-hybridized carbons (Fsp3) is 0.450. The number of likely N-dealkylation sites (tertiary alicyclic amines) is 1. The maximum absolute atomic E-state index is 11.8. The van der Waals surface area contributed by atoms with Crippen LogP contribution in [-0.2, 0) is 4.79 Å². The molecule has 2 unspecified atom stereocenters. The second-order valence-electron chi connectivity index (χ2n) is 6.69. The molecule has 1 fully saturated rings. The van der Waals surface area contributed by atoms with E-state index in [0.717, 1.165) is 30.5 Å². The van der Waals surface area contributed by atoms with Gasteiger partial charge in [-0.1, -0.05) is 30.3 Å². The summed E-state index contributed by atoms with van der Waals surface area (Å²) in [6, 6.07) is 14.1. The first-order valence-corrected chi connectivity index (χ1v) is 8.89. The number of hydrogen-bond donors (Lipinski definition) is 2. The minimum Gasteiger partial charge on any atom is -0.491 e. The Hall–Kier alpha value is -2.11. The topological polar surface area (TPSA) is 61.8 Å². The molecule has 5 nitrogen and oxygen atoms in total. The van der Waals surface area contributed by atoms with Gasteiger partial charge in [0, 0.05) is 20.1 Å². The summed E-state index contributed by atoms with van der Waals surface area (Å²) in [5, 5.41) is 15.3. The monoisotopic (exact) mass is 342 g/mol. The Balaban J connectivity index is 1.50. The van der Waals surface area contributed by atoms with E-state index < -0.39 is 6.10 Å². The van der Waals surface area contributed by atoms with Crippen LogP contribution in [0.3, 0.4) is 0 Å². The van der Waals surface area contributed by atoms with E-state index in [1.807, 2.05) is 36.4 Å². The van der Waals surface area contributed by atoms with E-state index in [1.54, 1.807) is 7.05 Å². The number of piperidine rings is 1. The number of amides is 1. The molecule has 5 heteroatoms. The lowest BCUT2D eigenvalue weighted by molar-refractivity contribution is -0.126. The number of nitrogens with zero attached hydrogens (tertiary/aromatic N) is 1. The Labute approximate surface area is 148 Å². The molecule has 25 heavy (non-hydrogen) atoms. The van der Waals surface area contributed by atoms with Crippen LogP contribution in [0.1, 0.15) is 12.8 Å². The van der Waals surface area contributed by atoms with Gasteiger partial charge in [-0.25, -0.2) is 0 Å². The van der Waals surface area contributed by atoms with Crippen LogP contribution in [0.5, 0.6) is 5.75 Å². The molecule has 1 aliphatic rings. The van der Waals surface area contributed by atoms with Crippen LogP contribution in [0.25, 0.3) is 10.8 Å². The molecule has 2 aromatic rings. The van der Waals surface area contributed by atoms with Crippen LogP contribution in [0.15, 0.2) is 42.5 Å². The summed E-state index contributed by atoms with van der Waals surface area (Å²) in [7, 11) is 1.67. The van der Waals surface area contributed by atoms with Gasteiger partial charge < -0.3 is 15.2 Å². The zero-order chi connectivity index (χ0) is 17.6. The van der Waals surface area contributed by atoms with Gasteiger partial charge in [-0.05, 0) is 42.3 Å². The third-order valence-electron chi connectivity index (χ3n) is 4.75. The van der Waals surface area contributed by atoms with Crippen molar-refractivity contribution in [3.05, 3.63) is 42.5 Å². The Morgan fingerprint density at radius 2 is 2.12 bits per heavy atom. The van der Waals surface area contributed by atoms with E-state index in [2.05, 4.69) is 16.3 Å². The molecule has 1 saturated heterocycles. The smallest absolute Gasteiger partial charge is 0.224 e. The molecule has 0 bridgehead atoms. The van der Waals surface area contributed by atoms with Crippen LogP contribution < -0.4 is 10.1 Å². The number of carbonyl (C=O) groups excluding carboxylic acids is 1. The Morgan fingerprint density at radius 1 is 1.32 bits per heavy atom. The highest BCUT2D eigenvalue weighted by atomic mass is 16.5. The van der Waals surface area contributed by atoms with E-state index in [-0.39, 0.29) is 18.4 Å². The van der Waals surface area contributed by atoms with Crippen molar-refractivity contribution >= 4 is 16.7 Å². The van der Waals surface area contributed by atoms with Gasteiger partial charge in [0.25, 0.3) is 0 Å². The molecular weight excluding hydrogens is 316 g/mol. The first-order chi connectivity index (χ1) is 12.2. The molecule has 1 aliphatic heterocycles. The van der Waals surface area contributed by atoms with Crippen LogP contribution >= 0.6 is 0 Å². The molecule has 0 saturated carbocycles. The molecule has 3 rings (SSSR count). The zero-order valence-electron chi connectivity index (χ0n) is 14.6. The van der Waals surface area contributed by atoms with Gasteiger partial charge in [0.05, 0.1) is 5.92 Å². The van der Waals surface area contributed by atoms with E-state index in [0.29, 0.717) is 13.1 Å². The second kappa shape index (κ2) is 8.32. The van der Waals surface area contributed by atoms with Crippen LogP contribution in [0.2, 0.25) is 0 Å².